The second-order valence-electron chi connectivity index (χ2n) is 5.95. The molecule has 0 saturated heterocycles. The van der Waals surface area contributed by atoms with Crippen LogP contribution in [-0.4, -0.2) is 47.7 Å². The fraction of sp³-hybridized carbons (Fsp3) is 0.421. The Labute approximate surface area is 199 Å². The van der Waals surface area contributed by atoms with E-state index in [-0.39, 0.29) is 37.1 Å². The average molecular weight is 569 g/mol. The molecule has 0 unspecified atom stereocenters. The molecule has 0 amide bonds. The quantitative estimate of drug-likeness (QED) is 0.176. The third-order valence-electron chi connectivity index (χ3n) is 3.72. The van der Waals surface area contributed by atoms with Gasteiger partial charge in [-0.2, -0.15) is 0 Å². The first-order valence-electron chi connectivity index (χ1n) is 9.31. The van der Waals surface area contributed by atoms with Gasteiger partial charge in [0.1, 0.15) is 4.21 Å². The van der Waals surface area contributed by atoms with Gasteiger partial charge in [-0.15, -0.1) is 35.3 Å². The molecule has 0 aliphatic carbocycles. The molecule has 0 aliphatic rings. The van der Waals surface area contributed by atoms with Gasteiger partial charge in [-0.05, 0) is 45.0 Å². The fourth-order valence-corrected chi connectivity index (χ4v) is 4.79. The molecule has 30 heavy (non-hydrogen) atoms. The van der Waals surface area contributed by atoms with Gasteiger partial charge in [0.05, 0.1) is 20.3 Å². The van der Waals surface area contributed by atoms with E-state index in [4.69, 9.17) is 9.47 Å². The standard InChI is InChI=1S/C19H28N4O4S2.HI/c1-5-20-19(23-15-8-9-16(26-4)17(13-15)27-6-2)21-11-12-22-29(24,25)18-10-7-14(3)28-18;/h7-10,13,22H,5-6,11-12H2,1-4H3,(H2,20,21,23);1H. The molecule has 1 heterocycles. The summed E-state index contributed by atoms with van der Waals surface area (Å²) < 4.78 is 38.3. The molecule has 0 radical (unpaired) electrons. The summed E-state index contributed by atoms with van der Waals surface area (Å²) in [5.74, 6) is 1.83. The zero-order valence-electron chi connectivity index (χ0n) is 17.5. The lowest BCUT2D eigenvalue weighted by molar-refractivity contribution is 0.311. The van der Waals surface area contributed by atoms with Crippen LogP contribution in [0, 0.1) is 6.92 Å². The van der Waals surface area contributed by atoms with Crippen molar-refractivity contribution in [3.8, 4) is 11.5 Å². The van der Waals surface area contributed by atoms with Crippen molar-refractivity contribution in [1.29, 1.82) is 0 Å². The van der Waals surface area contributed by atoms with E-state index in [0.717, 1.165) is 10.6 Å². The second-order valence-corrected chi connectivity index (χ2v) is 9.23. The fourth-order valence-electron chi connectivity index (χ4n) is 2.44. The van der Waals surface area contributed by atoms with Gasteiger partial charge in [0.25, 0.3) is 0 Å². The number of benzene rings is 1. The highest BCUT2D eigenvalue weighted by molar-refractivity contribution is 14.0. The Bertz CT molecular complexity index is 932. The van der Waals surface area contributed by atoms with Gasteiger partial charge in [-0.1, -0.05) is 0 Å². The molecule has 1 aromatic carbocycles. The number of hydrogen-bond donors (Lipinski definition) is 3. The van der Waals surface area contributed by atoms with Gasteiger partial charge < -0.3 is 20.1 Å². The number of guanidine groups is 1. The van der Waals surface area contributed by atoms with Crippen molar-refractivity contribution < 1.29 is 17.9 Å². The summed E-state index contributed by atoms with van der Waals surface area (Å²) in [4.78, 5) is 5.38. The summed E-state index contributed by atoms with van der Waals surface area (Å²) in [5, 5.41) is 6.33. The Morgan fingerprint density at radius 2 is 1.93 bits per heavy atom. The summed E-state index contributed by atoms with van der Waals surface area (Å²) >= 11 is 1.24. The van der Waals surface area contributed by atoms with Crippen LogP contribution >= 0.6 is 35.3 Å². The molecule has 0 bridgehead atoms. The molecule has 11 heteroatoms. The zero-order chi connectivity index (χ0) is 21.3. The van der Waals surface area contributed by atoms with Crippen LogP contribution in [0.2, 0.25) is 0 Å². The van der Waals surface area contributed by atoms with Gasteiger partial charge in [-0.25, -0.2) is 13.1 Å². The third kappa shape index (κ3) is 7.93. The first kappa shape index (κ1) is 26.5. The maximum atomic E-state index is 12.3. The number of nitrogens with zero attached hydrogens (tertiary/aromatic N) is 1. The van der Waals surface area contributed by atoms with E-state index in [9.17, 15) is 8.42 Å². The van der Waals surface area contributed by atoms with E-state index in [1.54, 1.807) is 19.2 Å². The van der Waals surface area contributed by atoms with Crippen LogP contribution in [0.1, 0.15) is 18.7 Å². The van der Waals surface area contributed by atoms with E-state index in [2.05, 4.69) is 20.3 Å². The number of sulfonamides is 1. The van der Waals surface area contributed by atoms with Gasteiger partial charge >= 0.3 is 0 Å². The highest BCUT2D eigenvalue weighted by Gasteiger charge is 2.15. The molecule has 3 N–H and O–H groups in total. The predicted molar refractivity (Wildman–Crippen MR) is 133 cm³/mol. The molecule has 0 fully saturated rings. The van der Waals surface area contributed by atoms with Crippen LogP contribution in [0.25, 0.3) is 0 Å². The van der Waals surface area contributed by atoms with Gasteiger partial charge in [-0.3, -0.25) is 4.99 Å². The molecule has 2 rings (SSSR count). The van der Waals surface area contributed by atoms with Crippen molar-refractivity contribution in [3.05, 3.63) is 35.2 Å². The van der Waals surface area contributed by atoms with Gasteiger partial charge in [0.15, 0.2) is 17.5 Å². The van der Waals surface area contributed by atoms with Crippen molar-refractivity contribution in [1.82, 2.24) is 10.0 Å². The van der Waals surface area contributed by atoms with Crippen molar-refractivity contribution >= 4 is 57.0 Å². The second kappa shape index (κ2) is 13.0. The first-order valence-corrected chi connectivity index (χ1v) is 11.6. The van der Waals surface area contributed by atoms with Crippen LogP contribution in [0.5, 0.6) is 11.5 Å². The molecule has 2 aromatic rings. The molecular formula is C19H29IN4O4S2. The van der Waals surface area contributed by atoms with E-state index in [0.29, 0.717) is 34.8 Å². The lowest BCUT2D eigenvalue weighted by Gasteiger charge is -2.14. The Balaban J connectivity index is 0.00000450. The van der Waals surface area contributed by atoms with E-state index in [1.807, 2.05) is 39.0 Å². The summed E-state index contributed by atoms with van der Waals surface area (Å²) in [6, 6.07) is 8.90. The molecule has 0 saturated carbocycles. The molecule has 0 aliphatic heterocycles. The number of nitrogens with one attached hydrogen (secondary N) is 3. The number of aliphatic imine (C=N–C) groups is 1. The van der Waals surface area contributed by atoms with Crippen molar-refractivity contribution in [3.63, 3.8) is 0 Å². The average Bonchev–Trinajstić information content (AvgIpc) is 3.13. The lowest BCUT2D eigenvalue weighted by Crippen LogP contribution is -2.32. The monoisotopic (exact) mass is 568 g/mol. The highest BCUT2D eigenvalue weighted by atomic mass is 127. The topological polar surface area (TPSA) is 101 Å². The number of ether oxygens (including phenoxy) is 2. The van der Waals surface area contributed by atoms with E-state index < -0.39 is 10.0 Å². The minimum Gasteiger partial charge on any atom is -0.493 e. The van der Waals surface area contributed by atoms with Crippen LogP contribution in [0.4, 0.5) is 5.69 Å². The number of rotatable bonds is 10. The lowest BCUT2D eigenvalue weighted by atomic mass is 10.2. The molecule has 168 valence electrons. The minimum absolute atomic E-state index is 0. The molecule has 8 nitrogen and oxygen atoms in total. The van der Waals surface area contributed by atoms with Gasteiger partial charge in [0, 0.05) is 29.7 Å². The van der Waals surface area contributed by atoms with Crippen LogP contribution in [-0.2, 0) is 10.0 Å². The smallest absolute Gasteiger partial charge is 0.250 e. The van der Waals surface area contributed by atoms with Crippen LogP contribution < -0.4 is 24.8 Å². The maximum absolute atomic E-state index is 12.3. The molecule has 0 atom stereocenters. The summed E-state index contributed by atoms with van der Waals surface area (Å²) in [6.07, 6.45) is 0. The summed E-state index contributed by atoms with van der Waals surface area (Å²) in [5.41, 5.74) is 0.781. The number of halogens is 1. The zero-order valence-corrected chi connectivity index (χ0v) is 21.5. The number of aryl methyl sites for hydroxylation is 1. The molecular weight excluding hydrogens is 539 g/mol. The van der Waals surface area contributed by atoms with Crippen LogP contribution in [0.3, 0.4) is 0 Å². The number of anilines is 1. The predicted octanol–water partition coefficient (Wildman–Crippen LogP) is 3.44. The van der Waals surface area contributed by atoms with Crippen molar-refractivity contribution in [2.45, 2.75) is 25.0 Å². The number of methoxy groups -OCH3 is 1. The summed E-state index contributed by atoms with van der Waals surface area (Å²) in [6.45, 7) is 7.41. The largest absolute Gasteiger partial charge is 0.493 e. The highest BCUT2D eigenvalue weighted by Crippen LogP contribution is 2.30. The van der Waals surface area contributed by atoms with Crippen LogP contribution in [0.15, 0.2) is 39.5 Å². The Morgan fingerprint density at radius 3 is 2.53 bits per heavy atom. The van der Waals surface area contributed by atoms with Crippen molar-refractivity contribution in [2.24, 2.45) is 4.99 Å². The number of thiophene rings is 1. The molecule has 0 spiro atoms. The minimum atomic E-state index is -3.50. The van der Waals surface area contributed by atoms with Gasteiger partial charge in [0.2, 0.25) is 10.0 Å². The Hall–Kier alpha value is -1.57. The Morgan fingerprint density at radius 1 is 1.17 bits per heavy atom. The van der Waals surface area contributed by atoms with E-state index in [1.165, 1.54) is 11.3 Å². The van der Waals surface area contributed by atoms with Crippen molar-refractivity contribution in [2.75, 3.05) is 38.7 Å². The number of hydrogen-bond acceptors (Lipinski definition) is 6. The molecule has 1 aromatic heterocycles. The Kier molecular flexibility index (Phi) is 11.4. The normalized spacial score (nSPS) is 11.5. The maximum Gasteiger partial charge on any atom is 0.250 e. The SMILES string of the molecule is CCNC(=NCCNS(=O)(=O)c1ccc(C)s1)Nc1ccc(OC)c(OCC)c1.I. The first-order chi connectivity index (χ1) is 13.9. The third-order valence-corrected chi connectivity index (χ3v) is 6.68. The summed E-state index contributed by atoms with van der Waals surface area (Å²) in [7, 11) is -1.91. The van der Waals surface area contributed by atoms with E-state index >= 15 is 0 Å².